The topological polar surface area (TPSA) is 94.9 Å². The predicted octanol–water partition coefficient (Wildman–Crippen LogP) is 5.26. The van der Waals surface area contributed by atoms with Gasteiger partial charge < -0.3 is 11.5 Å². The standard InChI is InChI=1S/C23H20N4OS.ClH/c1-13-9-14(2)11-16(10-13)20-21(29-23(25)27-20)15-7-8-26-19(12-15)17-5-3-4-6-18(17)22(24)28;/h3-12H,1-2H3,(H2,24,28)(H2,25,27);1H. The molecule has 2 aromatic carbocycles. The Balaban J connectivity index is 0.00000256. The Bertz CT molecular complexity index is 1220. The van der Waals surface area contributed by atoms with E-state index < -0.39 is 5.91 Å². The van der Waals surface area contributed by atoms with Crippen molar-refractivity contribution < 1.29 is 4.79 Å². The van der Waals surface area contributed by atoms with Gasteiger partial charge in [-0.05, 0) is 49.7 Å². The van der Waals surface area contributed by atoms with E-state index in [4.69, 9.17) is 11.5 Å². The van der Waals surface area contributed by atoms with Crippen LogP contribution in [0.2, 0.25) is 0 Å². The molecule has 0 atom stereocenters. The molecule has 2 aromatic heterocycles. The Morgan fingerprint density at radius 3 is 2.37 bits per heavy atom. The summed E-state index contributed by atoms with van der Waals surface area (Å²) in [4.78, 5) is 21.8. The highest BCUT2D eigenvalue weighted by molar-refractivity contribution is 7.19. The SMILES string of the molecule is Cc1cc(C)cc(-c2nc(N)sc2-c2ccnc(-c3ccccc3C(N)=O)c2)c1.Cl. The molecule has 0 bridgehead atoms. The molecule has 0 aliphatic carbocycles. The van der Waals surface area contributed by atoms with Gasteiger partial charge in [0.05, 0.1) is 16.3 Å². The molecule has 0 fully saturated rings. The first-order chi connectivity index (χ1) is 13.9. The van der Waals surface area contributed by atoms with Crippen LogP contribution in [-0.4, -0.2) is 15.9 Å². The van der Waals surface area contributed by atoms with Crippen molar-refractivity contribution in [2.45, 2.75) is 13.8 Å². The van der Waals surface area contributed by atoms with Crippen molar-refractivity contribution in [1.29, 1.82) is 0 Å². The molecule has 152 valence electrons. The van der Waals surface area contributed by atoms with Crippen LogP contribution < -0.4 is 11.5 Å². The van der Waals surface area contributed by atoms with E-state index >= 15 is 0 Å². The van der Waals surface area contributed by atoms with Gasteiger partial charge in [-0.15, -0.1) is 12.4 Å². The van der Waals surface area contributed by atoms with Crippen molar-refractivity contribution in [3.63, 3.8) is 0 Å². The summed E-state index contributed by atoms with van der Waals surface area (Å²) in [5.41, 5.74) is 18.6. The number of aromatic nitrogens is 2. The number of thiazole rings is 1. The molecular formula is C23H21ClN4OS. The molecule has 0 saturated carbocycles. The summed E-state index contributed by atoms with van der Waals surface area (Å²) in [6.07, 6.45) is 1.73. The highest BCUT2D eigenvalue weighted by Gasteiger charge is 2.17. The summed E-state index contributed by atoms with van der Waals surface area (Å²) in [6, 6.07) is 17.4. The van der Waals surface area contributed by atoms with E-state index in [9.17, 15) is 4.79 Å². The number of rotatable bonds is 4. The van der Waals surface area contributed by atoms with Gasteiger partial charge in [-0.25, -0.2) is 4.98 Å². The number of hydrogen-bond acceptors (Lipinski definition) is 5. The predicted molar refractivity (Wildman–Crippen MR) is 126 cm³/mol. The number of nitrogens with zero attached hydrogens (tertiary/aromatic N) is 2. The Morgan fingerprint density at radius 1 is 0.967 bits per heavy atom. The first kappa shape index (κ1) is 21.5. The van der Waals surface area contributed by atoms with E-state index in [0.717, 1.165) is 21.7 Å². The van der Waals surface area contributed by atoms with Gasteiger partial charge >= 0.3 is 0 Å². The van der Waals surface area contributed by atoms with Gasteiger partial charge in [0.25, 0.3) is 0 Å². The average Bonchev–Trinajstić information content (AvgIpc) is 3.09. The first-order valence-corrected chi connectivity index (χ1v) is 9.94. The number of nitrogen functional groups attached to an aromatic ring is 1. The van der Waals surface area contributed by atoms with Crippen molar-refractivity contribution >= 4 is 34.8 Å². The summed E-state index contributed by atoms with van der Waals surface area (Å²) in [5.74, 6) is -0.481. The van der Waals surface area contributed by atoms with Gasteiger partial charge in [0.15, 0.2) is 5.13 Å². The maximum atomic E-state index is 11.8. The van der Waals surface area contributed by atoms with Crippen LogP contribution in [0.1, 0.15) is 21.5 Å². The molecule has 0 aliphatic heterocycles. The van der Waals surface area contributed by atoms with Gasteiger partial charge in [0, 0.05) is 22.9 Å². The second-order valence-corrected chi connectivity index (χ2v) is 7.98. The third-order valence-corrected chi connectivity index (χ3v) is 5.56. The van der Waals surface area contributed by atoms with Gasteiger partial charge in [0.2, 0.25) is 5.91 Å². The fourth-order valence-corrected chi connectivity index (χ4v) is 4.33. The smallest absolute Gasteiger partial charge is 0.249 e. The minimum absolute atomic E-state index is 0. The van der Waals surface area contributed by atoms with E-state index in [0.29, 0.717) is 22.0 Å². The molecule has 0 aliphatic rings. The molecule has 30 heavy (non-hydrogen) atoms. The molecule has 0 radical (unpaired) electrons. The van der Waals surface area contributed by atoms with Crippen LogP contribution in [0.5, 0.6) is 0 Å². The average molecular weight is 437 g/mol. The van der Waals surface area contributed by atoms with E-state index in [1.807, 2.05) is 24.3 Å². The third kappa shape index (κ3) is 4.20. The van der Waals surface area contributed by atoms with Gasteiger partial charge in [0.1, 0.15) is 0 Å². The van der Waals surface area contributed by atoms with Crippen LogP contribution >= 0.6 is 23.7 Å². The molecular weight excluding hydrogens is 416 g/mol. The molecule has 0 unspecified atom stereocenters. The summed E-state index contributed by atoms with van der Waals surface area (Å²) < 4.78 is 0. The van der Waals surface area contributed by atoms with E-state index in [2.05, 4.69) is 42.0 Å². The van der Waals surface area contributed by atoms with Crippen molar-refractivity contribution in [3.8, 4) is 33.0 Å². The minimum Gasteiger partial charge on any atom is -0.375 e. The van der Waals surface area contributed by atoms with Crippen LogP contribution in [0.15, 0.2) is 60.8 Å². The lowest BCUT2D eigenvalue weighted by atomic mass is 10.00. The third-order valence-electron chi connectivity index (χ3n) is 4.63. The number of nitrogens with two attached hydrogens (primary N) is 2. The van der Waals surface area contributed by atoms with Crippen molar-refractivity contribution in [2.24, 2.45) is 5.73 Å². The maximum absolute atomic E-state index is 11.8. The zero-order chi connectivity index (χ0) is 20.5. The number of primary amides is 1. The Morgan fingerprint density at radius 2 is 1.67 bits per heavy atom. The summed E-state index contributed by atoms with van der Waals surface area (Å²) in [6.45, 7) is 4.13. The Kier molecular flexibility index (Phi) is 6.20. The lowest BCUT2D eigenvalue weighted by molar-refractivity contribution is 0.100. The van der Waals surface area contributed by atoms with E-state index in [1.165, 1.54) is 22.5 Å². The summed E-state index contributed by atoms with van der Waals surface area (Å²) in [5, 5.41) is 0.505. The van der Waals surface area contributed by atoms with Gasteiger partial charge in [-0.2, -0.15) is 0 Å². The van der Waals surface area contributed by atoms with E-state index in [-0.39, 0.29) is 12.4 Å². The highest BCUT2D eigenvalue weighted by atomic mass is 35.5. The highest BCUT2D eigenvalue weighted by Crippen LogP contribution is 2.39. The fraction of sp³-hybridized carbons (Fsp3) is 0.0870. The van der Waals surface area contributed by atoms with Crippen LogP contribution in [0.4, 0.5) is 5.13 Å². The summed E-state index contributed by atoms with van der Waals surface area (Å²) in [7, 11) is 0. The van der Waals surface area contributed by atoms with Crippen molar-refractivity contribution in [2.75, 3.05) is 5.73 Å². The van der Waals surface area contributed by atoms with Crippen LogP contribution in [0.3, 0.4) is 0 Å². The lowest BCUT2D eigenvalue weighted by Crippen LogP contribution is -2.12. The van der Waals surface area contributed by atoms with E-state index in [1.54, 1.807) is 18.3 Å². The van der Waals surface area contributed by atoms with Crippen LogP contribution in [-0.2, 0) is 0 Å². The number of carbonyl (C=O) groups excluding carboxylic acids is 1. The molecule has 4 N–H and O–H groups in total. The minimum atomic E-state index is -0.481. The molecule has 0 saturated heterocycles. The normalized spacial score (nSPS) is 10.5. The zero-order valence-electron chi connectivity index (χ0n) is 16.5. The van der Waals surface area contributed by atoms with Crippen LogP contribution in [0, 0.1) is 13.8 Å². The first-order valence-electron chi connectivity index (χ1n) is 9.13. The second-order valence-electron chi connectivity index (χ2n) is 6.95. The van der Waals surface area contributed by atoms with Crippen molar-refractivity contribution in [3.05, 3.63) is 77.5 Å². The van der Waals surface area contributed by atoms with Crippen LogP contribution in [0.25, 0.3) is 33.0 Å². The largest absolute Gasteiger partial charge is 0.375 e. The number of pyridine rings is 1. The molecule has 7 heteroatoms. The monoisotopic (exact) mass is 436 g/mol. The second kappa shape index (κ2) is 8.65. The molecule has 1 amide bonds. The van der Waals surface area contributed by atoms with Crippen molar-refractivity contribution in [1.82, 2.24) is 9.97 Å². The Labute approximate surface area is 185 Å². The number of amides is 1. The van der Waals surface area contributed by atoms with Gasteiger partial charge in [-0.3, -0.25) is 9.78 Å². The number of aryl methyl sites for hydroxylation is 2. The molecule has 0 spiro atoms. The zero-order valence-corrected chi connectivity index (χ0v) is 18.2. The lowest BCUT2D eigenvalue weighted by Gasteiger charge is -2.09. The molecule has 2 heterocycles. The number of halogens is 1. The quantitative estimate of drug-likeness (QED) is 0.456. The maximum Gasteiger partial charge on any atom is 0.249 e. The number of anilines is 1. The molecule has 4 aromatic rings. The number of hydrogen-bond donors (Lipinski definition) is 2. The number of benzene rings is 2. The molecule has 5 nitrogen and oxygen atoms in total. The Hall–Kier alpha value is -3.22. The summed E-state index contributed by atoms with van der Waals surface area (Å²) >= 11 is 1.44. The fourth-order valence-electron chi connectivity index (χ4n) is 3.48. The molecule has 4 rings (SSSR count). The number of carbonyl (C=O) groups is 1. The van der Waals surface area contributed by atoms with Gasteiger partial charge in [-0.1, -0.05) is 46.7 Å².